The van der Waals surface area contributed by atoms with Crippen LogP contribution < -0.4 is 0 Å². The third-order valence-electron chi connectivity index (χ3n) is 3.40. The molecule has 3 nitrogen and oxygen atoms in total. The highest BCUT2D eigenvalue weighted by molar-refractivity contribution is 6.26. The van der Waals surface area contributed by atoms with Gasteiger partial charge in [-0.05, 0) is 50.3 Å². The normalized spacial score (nSPS) is 11.6. The fourth-order valence-corrected chi connectivity index (χ4v) is 3.35. The molecule has 0 aromatic heterocycles. The van der Waals surface area contributed by atoms with Crippen LogP contribution in [0, 0.1) is 0 Å². The molecule has 0 aliphatic rings. The summed E-state index contributed by atoms with van der Waals surface area (Å²) in [6.07, 6.45) is 4.94. The number of aryl methyl sites for hydroxylation is 1. The molecular formula is C18H30O3Si. The van der Waals surface area contributed by atoms with Crippen molar-refractivity contribution in [2.75, 3.05) is 19.8 Å². The monoisotopic (exact) mass is 322 g/mol. The molecule has 1 rings (SSSR count). The average Bonchev–Trinajstić information content (AvgIpc) is 2.55. The maximum atomic E-state index is 5.82. The van der Waals surface area contributed by atoms with E-state index < -0.39 is 9.76 Å². The molecule has 0 bridgehead atoms. The van der Waals surface area contributed by atoms with Crippen LogP contribution in [0.1, 0.15) is 37.8 Å². The van der Waals surface area contributed by atoms with E-state index in [1.807, 2.05) is 19.9 Å². The van der Waals surface area contributed by atoms with Gasteiger partial charge in [0.15, 0.2) is 16.1 Å². The third kappa shape index (κ3) is 8.49. The van der Waals surface area contributed by atoms with Crippen molar-refractivity contribution < 1.29 is 13.9 Å². The van der Waals surface area contributed by atoms with E-state index in [1.54, 1.807) is 0 Å². The number of benzene rings is 1. The standard InChI is InChI=1S/C18H30O3Si/c1-4-16-9-11-17(12-10-16)8-7-14-21-22-15-13-18(19-5-2)20-6-3/h4,9-12,18H,1,5-8,13-15,22H2,2-3H3. The summed E-state index contributed by atoms with van der Waals surface area (Å²) in [6, 6.07) is 9.67. The molecular weight excluding hydrogens is 292 g/mol. The van der Waals surface area contributed by atoms with Crippen molar-refractivity contribution in [1.82, 2.24) is 0 Å². The second kappa shape index (κ2) is 12.6. The predicted octanol–water partition coefficient (Wildman–Crippen LogP) is 3.57. The van der Waals surface area contributed by atoms with Gasteiger partial charge in [-0.1, -0.05) is 36.9 Å². The second-order valence-electron chi connectivity index (χ2n) is 5.14. The summed E-state index contributed by atoms with van der Waals surface area (Å²) >= 11 is 0. The zero-order valence-electron chi connectivity index (χ0n) is 14.1. The maximum Gasteiger partial charge on any atom is 0.161 e. The molecule has 0 radical (unpaired) electrons. The van der Waals surface area contributed by atoms with Crippen molar-refractivity contribution in [2.45, 2.75) is 45.4 Å². The first-order valence-electron chi connectivity index (χ1n) is 8.32. The molecule has 0 aliphatic carbocycles. The molecule has 0 spiro atoms. The van der Waals surface area contributed by atoms with Crippen LogP contribution in [0.4, 0.5) is 0 Å². The maximum absolute atomic E-state index is 5.82. The van der Waals surface area contributed by atoms with Crippen molar-refractivity contribution in [3.05, 3.63) is 42.0 Å². The number of rotatable bonds is 13. The highest BCUT2D eigenvalue weighted by atomic mass is 28.2. The molecule has 0 N–H and O–H groups in total. The van der Waals surface area contributed by atoms with E-state index in [9.17, 15) is 0 Å². The lowest BCUT2D eigenvalue weighted by molar-refractivity contribution is -0.136. The van der Waals surface area contributed by atoms with Gasteiger partial charge in [-0.3, -0.25) is 0 Å². The molecule has 4 heteroatoms. The lowest BCUT2D eigenvalue weighted by Crippen LogP contribution is -2.18. The Morgan fingerprint density at radius 2 is 1.82 bits per heavy atom. The first-order valence-corrected chi connectivity index (χ1v) is 9.90. The Morgan fingerprint density at radius 3 is 2.41 bits per heavy atom. The molecule has 124 valence electrons. The van der Waals surface area contributed by atoms with Gasteiger partial charge in [0.25, 0.3) is 0 Å². The van der Waals surface area contributed by atoms with E-state index in [1.165, 1.54) is 11.1 Å². The van der Waals surface area contributed by atoms with Crippen LogP contribution in [-0.4, -0.2) is 35.9 Å². The summed E-state index contributed by atoms with van der Waals surface area (Å²) in [4.78, 5) is 0. The third-order valence-corrected chi connectivity index (χ3v) is 4.68. The van der Waals surface area contributed by atoms with Gasteiger partial charge in [0, 0.05) is 19.8 Å². The van der Waals surface area contributed by atoms with E-state index in [0.29, 0.717) is 13.2 Å². The van der Waals surface area contributed by atoms with E-state index in [2.05, 4.69) is 30.8 Å². The molecule has 0 saturated carbocycles. The SMILES string of the molecule is C=Cc1ccc(CCCO[SiH2]CCC(OCC)OCC)cc1. The quantitative estimate of drug-likeness (QED) is 0.316. The molecule has 0 unspecified atom stereocenters. The minimum atomic E-state index is -0.449. The smallest absolute Gasteiger partial charge is 0.161 e. The molecule has 0 amide bonds. The zero-order valence-corrected chi connectivity index (χ0v) is 15.5. The van der Waals surface area contributed by atoms with Crippen LogP contribution in [0.5, 0.6) is 0 Å². The molecule has 0 saturated heterocycles. The summed E-state index contributed by atoms with van der Waals surface area (Å²) in [7, 11) is -0.449. The Balaban J connectivity index is 2.03. The second-order valence-corrected chi connectivity index (χ2v) is 6.67. The highest BCUT2D eigenvalue weighted by Gasteiger charge is 2.07. The topological polar surface area (TPSA) is 27.7 Å². The minimum Gasteiger partial charge on any atom is -0.424 e. The van der Waals surface area contributed by atoms with Gasteiger partial charge in [0.1, 0.15) is 0 Å². The first kappa shape index (κ1) is 19.1. The van der Waals surface area contributed by atoms with Crippen LogP contribution in [0.2, 0.25) is 6.04 Å². The van der Waals surface area contributed by atoms with Crippen LogP contribution in [0.15, 0.2) is 30.8 Å². The molecule has 1 aromatic carbocycles. The Labute approximate surface area is 137 Å². The van der Waals surface area contributed by atoms with Crippen molar-refractivity contribution in [2.24, 2.45) is 0 Å². The fourth-order valence-electron chi connectivity index (χ4n) is 2.24. The summed E-state index contributed by atoms with van der Waals surface area (Å²) < 4.78 is 16.9. The van der Waals surface area contributed by atoms with Gasteiger partial charge in [-0.15, -0.1) is 0 Å². The van der Waals surface area contributed by atoms with E-state index in [-0.39, 0.29) is 6.29 Å². The zero-order chi connectivity index (χ0) is 16.0. The van der Waals surface area contributed by atoms with Gasteiger partial charge >= 0.3 is 0 Å². The van der Waals surface area contributed by atoms with Gasteiger partial charge in [0.2, 0.25) is 0 Å². The molecule has 1 aromatic rings. The lowest BCUT2D eigenvalue weighted by atomic mass is 10.1. The summed E-state index contributed by atoms with van der Waals surface area (Å²) in [5.74, 6) is 0. The fraction of sp³-hybridized carbons (Fsp3) is 0.556. The molecule has 0 heterocycles. The van der Waals surface area contributed by atoms with Gasteiger partial charge in [0.05, 0.1) is 0 Å². The van der Waals surface area contributed by atoms with Crippen LogP contribution in [0.3, 0.4) is 0 Å². The molecule has 0 fully saturated rings. The van der Waals surface area contributed by atoms with Crippen molar-refractivity contribution in [3.63, 3.8) is 0 Å². The van der Waals surface area contributed by atoms with Crippen molar-refractivity contribution in [3.8, 4) is 0 Å². The number of ether oxygens (including phenoxy) is 2. The van der Waals surface area contributed by atoms with Gasteiger partial charge in [-0.25, -0.2) is 0 Å². The Morgan fingerprint density at radius 1 is 1.14 bits per heavy atom. The van der Waals surface area contributed by atoms with Crippen molar-refractivity contribution in [1.29, 1.82) is 0 Å². The first-order chi connectivity index (χ1) is 10.8. The minimum absolute atomic E-state index is 0.0468. The van der Waals surface area contributed by atoms with E-state index >= 15 is 0 Å². The average molecular weight is 323 g/mol. The Bertz CT molecular complexity index is 386. The van der Waals surface area contributed by atoms with Gasteiger partial charge in [-0.2, -0.15) is 0 Å². The molecule has 0 aliphatic heterocycles. The number of hydrogen-bond donors (Lipinski definition) is 0. The summed E-state index contributed by atoms with van der Waals surface area (Å²) in [5, 5.41) is 0. The van der Waals surface area contributed by atoms with Gasteiger partial charge < -0.3 is 13.9 Å². The lowest BCUT2D eigenvalue weighted by Gasteiger charge is -2.16. The van der Waals surface area contributed by atoms with Crippen LogP contribution >= 0.6 is 0 Å². The largest absolute Gasteiger partial charge is 0.424 e. The van der Waals surface area contributed by atoms with E-state index in [4.69, 9.17) is 13.9 Å². The van der Waals surface area contributed by atoms with Crippen LogP contribution in [-0.2, 0) is 20.3 Å². The predicted molar refractivity (Wildman–Crippen MR) is 95.8 cm³/mol. The molecule has 0 atom stereocenters. The number of hydrogen-bond acceptors (Lipinski definition) is 3. The van der Waals surface area contributed by atoms with Crippen molar-refractivity contribution >= 4 is 15.8 Å². The Kier molecular flexibility index (Phi) is 10.9. The summed E-state index contributed by atoms with van der Waals surface area (Å²) in [5.41, 5.74) is 2.54. The van der Waals surface area contributed by atoms with Crippen LogP contribution in [0.25, 0.3) is 6.08 Å². The highest BCUT2D eigenvalue weighted by Crippen LogP contribution is 2.08. The summed E-state index contributed by atoms with van der Waals surface area (Å²) in [6.45, 7) is 10.0. The van der Waals surface area contributed by atoms with E-state index in [0.717, 1.165) is 31.9 Å². The Hall–Kier alpha value is -0.943. The molecule has 22 heavy (non-hydrogen) atoms.